The second-order valence-corrected chi connectivity index (χ2v) is 8.16. The molecule has 2 aromatic carbocycles. The average molecular weight is 416 g/mol. The Morgan fingerprint density at radius 1 is 1.06 bits per heavy atom. The molecule has 1 aliphatic rings. The first-order valence-corrected chi connectivity index (χ1v) is 10.8. The van der Waals surface area contributed by atoms with Crippen LogP contribution >= 0.6 is 0 Å². The molecule has 1 atom stereocenters. The summed E-state index contributed by atoms with van der Waals surface area (Å²) >= 11 is 0. The molecule has 0 aliphatic carbocycles. The molecular formula is C27H26FNO2. The second kappa shape index (κ2) is 9.25. The van der Waals surface area contributed by atoms with Crippen LogP contribution in [0.1, 0.15) is 50.3 Å². The number of pyridine rings is 1. The van der Waals surface area contributed by atoms with Gasteiger partial charge in [-0.15, -0.1) is 0 Å². The summed E-state index contributed by atoms with van der Waals surface area (Å²) in [6.07, 6.45) is 5.88. The normalized spacial score (nSPS) is 16.6. The fraction of sp³-hybridized carbons (Fsp3) is 0.259. The number of nitrogens with zero attached hydrogens (tertiary/aromatic N) is 1. The first-order valence-electron chi connectivity index (χ1n) is 10.8. The van der Waals surface area contributed by atoms with Crippen LogP contribution in [0.25, 0.3) is 28.5 Å². The summed E-state index contributed by atoms with van der Waals surface area (Å²) in [5.74, 6) is -0.242. The Labute approximate surface area is 182 Å². The van der Waals surface area contributed by atoms with Crippen LogP contribution in [0.4, 0.5) is 4.39 Å². The molecule has 3 nitrogen and oxygen atoms in total. The fourth-order valence-corrected chi connectivity index (χ4v) is 3.89. The Balaban J connectivity index is 1.86. The number of esters is 1. The Hall–Kier alpha value is -3.27. The predicted octanol–water partition coefficient (Wildman–Crippen LogP) is 6.79. The Bertz CT molecular complexity index is 1090. The zero-order valence-corrected chi connectivity index (χ0v) is 17.8. The van der Waals surface area contributed by atoms with Crippen molar-refractivity contribution in [3.05, 3.63) is 83.8 Å². The third-order valence-corrected chi connectivity index (χ3v) is 5.49. The maximum atomic E-state index is 13.6. The van der Waals surface area contributed by atoms with Crippen LogP contribution < -0.4 is 0 Å². The van der Waals surface area contributed by atoms with Crippen molar-refractivity contribution < 1.29 is 13.9 Å². The largest absolute Gasteiger partial charge is 0.458 e. The number of rotatable bonds is 5. The van der Waals surface area contributed by atoms with Gasteiger partial charge < -0.3 is 4.74 Å². The summed E-state index contributed by atoms with van der Waals surface area (Å²) < 4.78 is 19.1. The zero-order valence-electron chi connectivity index (χ0n) is 17.8. The summed E-state index contributed by atoms with van der Waals surface area (Å²) in [6.45, 7) is 4.23. The third kappa shape index (κ3) is 4.91. The van der Waals surface area contributed by atoms with Crippen LogP contribution in [0.2, 0.25) is 0 Å². The number of halogens is 1. The van der Waals surface area contributed by atoms with Crippen molar-refractivity contribution in [1.29, 1.82) is 0 Å². The predicted molar refractivity (Wildman–Crippen MR) is 122 cm³/mol. The maximum Gasteiger partial charge on any atom is 0.306 e. The Kier molecular flexibility index (Phi) is 6.26. The van der Waals surface area contributed by atoms with E-state index in [0.29, 0.717) is 6.42 Å². The van der Waals surface area contributed by atoms with E-state index in [0.717, 1.165) is 46.5 Å². The molecule has 0 amide bonds. The minimum absolute atomic E-state index is 0.152. The van der Waals surface area contributed by atoms with Crippen molar-refractivity contribution in [2.24, 2.45) is 0 Å². The molecule has 1 fully saturated rings. The van der Waals surface area contributed by atoms with Crippen molar-refractivity contribution in [3.63, 3.8) is 0 Å². The smallest absolute Gasteiger partial charge is 0.306 e. The van der Waals surface area contributed by atoms with Crippen molar-refractivity contribution in [2.75, 3.05) is 0 Å². The van der Waals surface area contributed by atoms with E-state index in [2.05, 4.69) is 19.9 Å². The number of hydrogen-bond donors (Lipinski definition) is 0. The molecular weight excluding hydrogens is 389 g/mol. The highest BCUT2D eigenvalue weighted by molar-refractivity contribution is 5.81. The SMILES string of the molecule is CC(C)c1nc(-c2ccccc2)cc(-c2ccc(F)cc2)c1/C=C/C1CCCC(=O)O1. The van der Waals surface area contributed by atoms with Crippen LogP contribution in [-0.2, 0) is 9.53 Å². The zero-order chi connectivity index (χ0) is 21.8. The first kappa shape index (κ1) is 21.0. The van der Waals surface area contributed by atoms with Gasteiger partial charge >= 0.3 is 5.97 Å². The van der Waals surface area contributed by atoms with E-state index in [1.165, 1.54) is 12.1 Å². The van der Waals surface area contributed by atoms with Gasteiger partial charge in [-0.3, -0.25) is 9.78 Å². The van der Waals surface area contributed by atoms with E-state index in [1.807, 2.05) is 42.5 Å². The van der Waals surface area contributed by atoms with Gasteiger partial charge in [-0.1, -0.05) is 62.4 Å². The van der Waals surface area contributed by atoms with Crippen molar-refractivity contribution >= 4 is 12.0 Å². The molecule has 31 heavy (non-hydrogen) atoms. The highest BCUT2D eigenvalue weighted by Crippen LogP contribution is 2.34. The molecule has 1 aromatic heterocycles. The van der Waals surface area contributed by atoms with Gasteiger partial charge in [0.1, 0.15) is 11.9 Å². The molecule has 0 spiro atoms. The third-order valence-electron chi connectivity index (χ3n) is 5.49. The van der Waals surface area contributed by atoms with Crippen molar-refractivity contribution in [1.82, 2.24) is 4.98 Å². The molecule has 3 aromatic rings. The first-order chi connectivity index (χ1) is 15.0. The summed E-state index contributed by atoms with van der Waals surface area (Å²) in [4.78, 5) is 16.7. The average Bonchev–Trinajstić information content (AvgIpc) is 2.78. The fourth-order valence-electron chi connectivity index (χ4n) is 3.89. The molecule has 0 saturated carbocycles. The highest BCUT2D eigenvalue weighted by Gasteiger charge is 2.20. The molecule has 2 heterocycles. The maximum absolute atomic E-state index is 13.6. The number of carbonyl (C=O) groups excluding carboxylic acids is 1. The topological polar surface area (TPSA) is 39.2 Å². The van der Waals surface area contributed by atoms with Gasteiger partial charge in [-0.05, 0) is 54.2 Å². The number of carbonyl (C=O) groups is 1. The van der Waals surface area contributed by atoms with Crippen molar-refractivity contribution in [3.8, 4) is 22.4 Å². The lowest BCUT2D eigenvalue weighted by Crippen LogP contribution is -2.21. The van der Waals surface area contributed by atoms with E-state index >= 15 is 0 Å². The molecule has 0 N–H and O–H groups in total. The number of aromatic nitrogens is 1. The van der Waals surface area contributed by atoms with Crippen LogP contribution in [0.5, 0.6) is 0 Å². The summed E-state index contributed by atoms with van der Waals surface area (Å²) in [6, 6.07) is 18.6. The molecule has 1 unspecified atom stereocenters. The standard InChI is InChI=1S/C27H26FNO2/c1-18(2)27-23(16-15-22-9-6-10-26(30)31-22)24(19-11-13-21(28)14-12-19)17-25(29-27)20-7-4-3-5-8-20/h3-5,7-8,11-18,22H,6,9-10H2,1-2H3/b16-15+. The molecule has 1 aliphatic heterocycles. The number of cyclic esters (lactones) is 1. The molecule has 4 rings (SSSR count). The van der Waals surface area contributed by atoms with Crippen LogP contribution in [0.15, 0.2) is 66.7 Å². The minimum Gasteiger partial charge on any atom is -0.458 e. The van der Waals surface area contributed by atoms with Crippen LogP contribution in [0, 0.1) is 5.82 Å². The lowest BCUT2D eigenvalue weighted by Gasteiger charge is -2.20. The van der Waals surface area contributed by atoms with Gasteiger partial charge in [-0.25, -0.2) is 4.39 Å². The lowest BCUT2D eigenvalue weighted by molar-refractivity contribution is -0.150. The number of ether oxygens (including phenoxy) is 1. The van der Waals surface area contributed by atoms with E-state index in [9.17, 15) is 9.18 Å². The molecule has 4 heteroatoms. The van der Waals surface area contributed by atoms with E-state index < -0.39 is 0 Å². The molecule has 0 radical (unpaired) electrons. The number of benzene rings is 2. The molecule has 0 bridgehead atoms. The van der Waals surface area contributed by atoms with Crippen molar-refractivity contribution in [2.45, 2.75) is 45.1 Å². The summed E-state index contributed by atoms with van der Waals surface area (Å²) in [7, 11) is 0. The minimum atomic E-state index is -0.267. The summed E-state index contributed by atoms with van der Waals surface area (Å²) in [5.41, 5.74) is 5.75. The van der Waals surface area contributed by atoms with Gasteiger partial charge in [0.2, 0.25) is 0 Å². The molecule has 158 valence electrons. The van der Waals surface area contributed by atoms with Crippen LogP contribution in [0.3, 0.4) is 0 Å². The van der Waals surface area contributed by atoms with E-state index in [4.69, 9.17) is 9.72 Å². The van der Waals surface area contributed by atoms with Gasteiger partial charge in [0, 0.05) is 17.5 Å². The molecule has 1 saturated heterocycles. The van der Waals surface area contributed by atoms with Gasteiger partial charge in [0.05, 0.1) is 11.4 Å². The van der Waals surface area contributed by atoms with Crippen LogP contribution in [-0.4, -0.2) is 17.1 Å². The quantitative estimate of drug-likeness (QED) is 0.431. The van der Waals surface area contributed by atoms with Gasteiger partial charge in [0.25, 0.3) is 0 Å². The second-order valence-electron chi connectivity index (χ2n) is 8.16. The van der Waals surface area contributed by atoms with E-state index in [1.54, 1.807) is 12.1 Å². The van der Waals surface area contributed by atoms with E-state index in [-0.39, 0.29) is 23.8 Å². The van der Waals surface area contributed by atoms with Gasteiger partial charge in [-0.2, -0.15) is 0 Å². The Morgan fingerprint density at radius 2 is 1.81 bits per heavy atom. The summed E-state index contributed by atoms with van der Waals surface area (Å²) in [5, 5.41) is 0. The Morgan fingerprint density at radius 3 is 2.48 bits per heavy atom. The number of hydrogen-bond acceptors (Lipinski definition) is 3. The highest BCUT2D eigenvalue weighted by atomic mass is 19.1. The monoisotopic (exact) mass is 415 g/mol. The van der Waals surface area contributed by atoms with Gasteiger partial charge in [0.15, 0.2) is 0 Å². The lowest BCUT2D eigenvalue weighted by atomic mass is 9.92.